The minimum Gasteiger partial charge on any atom is -0.392 e. The number of hydrogen-bond acceptors (Lipinski definition) is 3. The maximum atomic E-state index is 13.4. The summed E-state index contributed by atoms with van der Waals surface area (Å²) in [6.07, 6.45) is 13.3. The molecule has 0 aromatic carbocycles. The molecule has 0 aromatic heterocycles. The van der Waals surface area contributed by atoms with Crippen molar-refractivity contribution in [3.05, 3.63) is 0 Å². The molecule has 1 saturated carbocycles. The summed E-state index contributed by atoms with van der Waals surface area (Å²) in [6.45, 7) is 4.94. The molecule has 3 atom stereocenters. The van der Waals surface area contributed by atoms with Crippen molar-refractivity contribution < 1.29 is 14.2 Å². The van der Waals surface area contributed by atoms with Crippen LogP contribution in [0.3, 0.4) is 0 Å². The maximum absolute atomic E-state index is 13.4. The Morgan fingerprint density at radius 2 is 1.59 bits per heavy atom. The Balaban J connectivity index is 2.48. The van der Waals surface area contributed by atoms with Crippen LogP contribution in [0.15, 0.2) is 0 Å². The van der Waals surface area contributed by atoms with Gasteiger partial charge in [0.15, 0.2) is 0 Å². The van der Waals surface area contributed by atoms with Crippen LogP contribution in [-0.2, 0) is 9.09 Å². The molecule has 132 valence electrons. The Labute approximate surface area is 137 Å². The van der Waals surface area contributed by atoms with E-state index in [0.717, 1.165) is 51.4 Å². The lowest BCUT2D eigenvalue weighted by molar-refractivity contribution is 0.124. The molecule has 3 nitrogen and oxygen atoms in total. The Kier molecular flexibility index (Phi) is 10.7. The van der Waals surface area contributed by atoms with Gasteiger partial charge in [-0.15, -0.1) is 0 Å². The summed E-state index contributed by atoms with van der Waals surface area (Å²) in [5.74, 6) is 0. The maximum Gasteiger partial charge on any atom is 0.208 e. The van der Waals surface area contributed by atoms with E-state index in [0.29, 0.717) is 12.8 Å². The zero-order chi connectivity index (χ0) is 16.3. The standard InChI is InChI=1S/C18H37O3P/c1-3-5-7-8-9-12-16-22(20,21-15-6-4-2)18-14-11-10-13-17(18)19/h17-19H,3-16H2,1-2H3/t17-,18-,22?/m1/s1. The second-order valence-electron chi connectivity index (χ2n) is 6.82. The van der Waals surface area contributed by atoms with Gasteiger partial charge in [0.2, 0.25) is 7.37 Å². The highest BCUT2D eigenvalue weighted by molar-refractivity contribution is 7.59. The zero-order valence-corrected chi connectivity index (χ0v) is 15.7. The van der Waals surface area contributed by atoms with Crippen LogP contribution >= 0.6 is 7.37 Å². The average Bonchev–Trinajstić information content (AvgIpc) is 2.51. The topological polar surface area (TPSA) is 46.5 Å². The molecule has 0 spiro atoms. The van der Waals surface area contributed by atoms with Crippen LogP contribution < -0.4 is 0 Å². The average molecular weight is 332 g/mol. The van der Waals surface area contributed by atoms with Crippen LogP contribution in [0.1, 0.15) is 90.9 Å². The zero-order valence-electron chi connectivity index (χ0n) is 14.8. The van der Waals surface area contributed by atoms with Gasteiger partial charge in [-0.25, -0.2) is 0 Å². The van der Waals surface area contributed by atoms with Gasteiger partial charge in [-0.1, -0.05) is 65.2 Å². The van der Waals surface area contributed by atoms with Gasteiger partial charge in [0.05, 0.1) is 18.4 Å². The van der Waals surface area contributed by atoms with E-state index >= 15 is 0 Å². The van der Waals surface area contributed by atoms with Gasteiger partial charge in [-0.05, 0) is 25.7 Å². The molecule has 1 N–H and O–H groups in total. The number of rotatable bonds is 12. The largest absolute Gasteiger partial charge is 0.392 e. The van der Waals surface area contributed by atoms with Gasteiger partial charge >= 0.3 is 0 Å². The van der Waals surface area contributed by atoms with E-state index in [1.165, 1.54) is 25.7 Å². The first-order chi connectivity index (χ1) is 10.6. The fourth-order valence-electron chi connectivity index (χ4n) is 3.35. The van der Waals surface area contributed by atoms with Crippen LogP contribution in [0.25, 0.3) is 0 Å². The summed E-state index contributed by atoms with van der Waals surface area (Å²) in [5, 5.41) is 10.3. The lowest BCUT2D eigenvalue weighted by Gasteiger charge is -2.34. The molecule has 0 amide bonds. The van der Waals surface area contributed by atoms with Gasteiger partial charge in [-0.2, -0.15) is 0 Å². The third kappa shape index (κ3) is 7.15. The molecule has 4 heteroatoms. The Bertz CT molecular complexity index is 319. The molecule has 1 rings (SSSR count). The number of aliphatic hydroxyl groups is 1. The van der Waals surface area contributed by atoms with E-state index in [4.69, 9.17) is 4.52 Å². The fraction of sp³-hybridized carbons (Fsp3) is 1.00. The monoisotopic (exact) mass is 332 g/mol. The minimum atomic E-state index is -2.69. The van der Waals surface area contributed by atoms with Crippen molar-refractivity contribution in [1.82, 2.24) is 0 Å². The van der Waals surface area contributed by atoms with Gasteiger partial charge in [0, 0.05) is 6.16 Å². The highest BCUT2D eigenvalue weighted by atomic mass is 31.2. The number of aliphatic hydroxyl groups excluding tert-OH is 1. The molecule has 1 aliphatic carbocycles. The van der Waals surface area contributed by atoms with Gasteiger partial charge in [-0.3, -0.25) is 4.57 Å². The lowest BCUT2D eigenvalue weighted by Crippen LogP contribution is -2.31. The molecular formula is C18H37O3P. The predicted octanol–water partition coefficient (Wildman–Crippen LogP) is 5.75. The first-order valence-corrected chi connectivity index (χ1v) is 11.4. The van der Waals surface area contributed by atoms with Crippen molar-refractivity contribution in [1.29, 1.82) is 0 Å². The van der Waals surface area contributed by atoms with E-state index in [9.17, 15) is 9.67 Å². The molecule has 0 heterocycles. The van der Waals surface area contributed by atoms with Crippen molar-refractivity contribution in [2.75, 3.05) is 12.8 Å². The third-order valence-corrected chi connectivity index (χ3v) is 8.00. The Morgan fingerprint density at radius 3 is 2.27 bits per heavy atom. The van der Waals surface area contributed by atoms with Crippen molar-refractivity contribution in [2.45, 2.75) is 103 Å². The van der Waals surface area contributed by atoms with E-state index in [-0.39, 0.29) is 5.66 Å². The number of unbranched alkanes of at least 4 members (excludes halogenated alkanes) is 6. The summed E-state index contributed by atoms with van der Waals surface area (Å²) < 4.78 is 19.3. The van der Waals surface area contributed by atoms with Crippen molar-refractivity contribution >= 4 is 7.37 Å². The molecule has 0 aromatic rings. The highest BCUT2D eigenvalue weighted by Gasteiger charge is 2.39. The normalized spacial score (nSPS) is 25.0. The highest BCUT2D eigenvalue weighted by Crippen LogP contribution is 2.57. The molecule has 1 unspecified atom stereocenters. The van der Waals surface area contributed by atoms with Crippen LogP contribution in [0.4, 0.5) is 0 Å². The van der Waals surface area contributed by atoms with Crippen molar-refractivity contribution in [3.8, 4) is 0 Å². The van der Waals surface area contributed by atoms with Crippen molar-refractivity contribution in [3.63, 3.8) is 0 Å². The summed E-state index contributed by atoms with van der Waals surface area (Å²) in [7, 11) is -2.69. The second-order valence-corrected chi connectivity index (χ2v) is 9.64. The van der Waals surface area contributed by atoms with Crippen LogP contribution in [-0.4, -0.2) is 29.6 Å². The van der Waals surface area contributed by atoms with E-state index < -0.39 is 13.5 Å². The van der Waals surface area contributed by atoms with Crippen molar-refractivity contribution in [2.24, 2.45) is 0 Å². The van der Waals surface area contributed by atoms with Gasteiger partial charge in [0.1, 0.15) is 0 Å². The molecule has 1 fully saturated rings. The lowest BCUT2D eigenvalue weighted by atomic mass is 9.97. The van der Waals surface area contributed by atoms with Crippen LogP contribution in [0.2, 0.25) is 0 Å². The molecule has 0 saturated heterocycles. The van der Waals surface area contributed by atoms with Crippen LogP contribution in [0, 0.1) is 0 Å². The SMILES string of the molecule is CCCCCCCCP(=O)(OCCCC)[C@@H]1CCCC[C@H]1O. The van der Waals surface area contributed by atoms with E-state index in [1.807, 2.05) is 0 Å². The summed E-state index contributed by atoms with van der Waals surface area (Å²) in [5.41, 5.74) is -0.103. The smallest absolute Gasteiger partial charge is 0.208 e. The molecule has 0 aliphatic heterocycles. The molecular weight excluding hydrogens is 295 g/mol. The molecule has 22 heavy (non-hydrogen) atoms. The van der Waals surface area contributed by atoms with E-state index in [2.05, 4.69) is 13.8 Å². The molecule has 0 radical (unpaired) electrons. The Hall–Kier alpha value is 0.150. The molecule has 1 aliphatic rings. The van der Waals surface area contributed by atoms with Crippen LogP contribution in [0.5, 0.6) is 0 Å². The van der Waals surface area contributed by atoms with Gasteiger partial charge in [0.25, 0.3) is 0 Å². The Morgan fingerprint density at radius 1 is 0.955 bits per heavy atom. The fourth-order valence-corrected chi connectivity index (χ4v) is 6.36. The van der Waals surface area contributed by atoms with Gasteiger partial charge < -0.3 is 9.63 Å². The first kappa shape index (κ1) is 20.2. The number of hydrogen-bond donors (Lipinski definition) is 1. The molecule has 0 bridgehead atoms. The van der Waals surface area contributed by atoms with E-state index in [1.54, 1.807) is 0 Å². The summed E-state index contributed by atoms with van der Waals surface area (Å²) in [6, 6.07) is 0. The summed E-state index contributed by atoms with van der Waals surface area (Å²) >= 11 is 0. The third-order valence-electron chi connectivity index (χ3n) is 4.83. The second kappa shape index (κ2) is 11.6. The summed E-state index contributed by atoms with van der Waals surface area (Å²) in [4.78, 5) is 0. The quantitative estimate of drug-likeness (QED) is 0.366. The first-order valence-electron chi connectivity index (χ1n) is 9.55. The predicted molar refractivity (Wildman–Crippen MR) is 95.0 cm³/mol. The minimum absolute atomic E-state index is 0.103.